The zero-order valence-corrected chi connectivity index (χ0v) is 16.7. The second-order valence-corrected chi connectivity index (χ2v) is 9.00. The topological polar surface area (TPSA) is 92.3 Å². The third-order valence-electron chi connectivity index (χ3n) is 4.45. The predicted molar refractivity (Wildman–Crippen MR) is 108 cm³/mol. The normalized spacial score (nSPS) is 13.9. The molecule has 0 radical (unpaired) electrons. The van der Waals surface area contributed by atoms with Gasteiger partial charge >= 0.3 is 0 Å². The standard InChI is InChI=1S/C20H21ClN2O4S/c21-16-5-3-15(4-6-16)19(24)11-12-20(25)23-17-7-9-18(10-8-17)28(26,27)22-13-14-1-2-14/h3-10,14,22H,1-2,11-13H2,(H,23,25). The Morgan fingerprint density at radius 2 is 1.61 bits per heavy atom. The van der Waals surface area contributed by atoms with Crippen molar-refractivity contribution in [2.75, 3.05) is 11.9 Å². The molecule has 2 aromatic rings. The molecule has 0 heterocycles. The monoisotopic (exact) mass is 420 g/mol. The number of sulfonamides is 1. The lowest BCUT2D eigenvalue weighted by atomic mass is 10.1. The van der Waals surface area contributed by atoms with Gasteiger partial charge in [0.2, 0.25) is 15.9 Å². The summed E-state index contributed by atoms with van der Waals surface area (Å²) < 4.78 is 27.0. The zero-order valence-electron chi connectivity index (χ0n) is 15.2. The summed E-state index contributed by atoms with van der Waals surface area (Å²) in [6.07, 6.45) is 2.23. The summed E-state index contributed by atoms with van der Waals surface area (Å²) in [5.74, 6) is -0.0105. The van der Waals surface area contributed by atoms with Crippen LogP contribution in [0.25, 0.3) is 0 Å². The van der Waals surface area contributed by atoms with Crippen molar-refractivity contribution in [1.29, 1.82) is 0 Å². The largest absolute Gasteiger partial charge is 0.326 e. The van der Waals surface area contributed by atoms with E-state index in [1.807, 2.05) is 0 Å². The third kappa shape index (κ3) is 5.89. The number of hydrogen-bond donors (Lipinski definition) is 2. The quantitative estimate of drug-likeness (QED) is 0.606. The van der Waals surface area contributed by atoms with Crippen LogP contribution in [-0.4, -0.2) is 26.7 Å². The minimum absolute atomic E-state index is 0.0322. The molecule has 1 fully saturated rings. The number of amides is 1. The Labute approximate surface area is 169 Å². The molecule has 6 nitrogen and oxygen atoms in total. The van der Waals surface area contributed by atoms with E-state index in [0.717, 1.165) is 12.8 Å². The Hall–Kier alpha value is -2.22. The van der Waals surface area contributed by atoms with Gasteiger partial charge in [0.1, 0.15) is 0 Å². The summed E-state index contributed by atoms with van der Waals surface area (Å²) in [7, 11) is -3.53. The van der Waals surface area contributed by atoms with E-state index < -0.39 is 10.0 Å². The molecule has 1 amide bonds. The third-order valence-corrected chi connectivity index (χ3v) is 6.14. The Kier molecular flexibility index (Phi) is 6.49. The molecule has 0 aliphatic heterocycles. The Morgan fingerprint density at radius 1 is 0.964 bits per heavy atom. The first-order chi connectivity index (χ1) is 13.3. The van der Waals surface area contributed by atoms with Gasteiger partial charge in [0.15, 0.2) is 5.78 Å². The fourth-order valence-electron chi connectivity index (χ4n) is 2.58. The number of benzene rings is 2. The zero-order chi connectivity index (χ0) is 20.1. The van der Waals surface area contributed by atoms with Gasteiger partial charge in [0, 0.05) is 35.7 Å². The Bertz CT molecular complexity index is 953. The van der Waals surface area contributed by atoms with Gasteiger partial charge in [-0.3, -0.25) is 9.59 Å². The lowest BCUT2D eigenvalue weighted by Crippen LogP contribution is -2.25. The van der Waals surface area contributed by atoms with Gasteiger partial charge in [-0.05, 0) is 67.3 Å². The van der Waals surface area contributed by atoms with Crippen molar-refractivity contribution in [1.82, 2.24) is 4.72 Å². The maximum Gasteiger partial charge on any atom is 0.240 e. The van der Waals surface area contributed by atoms with Crippen molar-refractivity contribution < 1.29 is 18.0 Å². The summed E-state index contributed by atoms with van der Waals surface area (Å²) in [5.41, 5.74) is 0.982. The van der Waals surface area contributed by atoms with Crippen LogP contribution in [0.3, 0.4) is 0 Å². The van der Waals surface area contributed by atoms with Gasteiger partial charge in [0.05, 0.1) is 4.90 Å². The molecule has 0 saturated heterocycles. The van der Waals surface area contributed by atoms with Crippen LogP contribution in [-0.2, 0) is 14.8 Å². The van der Waals surface area contributed by atoms with Crippen LogP contribution in [0, 0.1) is 5.92 Å². The second-order valence-electron chi connectivity index (χ2n) is 6.80. The lowest BCUT2D eigenvalue weighted by molar-refractivity contribution is -0.116. The highest BCUT2D eigenvalue weighted by atomic mass is 35.5. The van der Waals surface area contributed by atoms with Crippen molar-refractivity contribution >= 4 is 39.0 Å². The van der Waals surface area contributed by atoms with Crippen LogP contribution in [0.2, 0.25) is 5.02 Å². The number of anilines is 1. The maximum absolute atomic E-state index is 12.2. The summed E-state index contributed by atoms with van der Waals surface area (Å²) in [6.45, 7) is 0.461. The molecule has 0 unspecified atom stereocenters. The number of Topliss-reactive ketones (excluding diaryl/α,β-unsaturated/α-hetero) is 1. The van der Waals surface area contributed by atoms with Gasteiger partial charge in [-0.2, -0.15) is 0 Å². The van der Waals surface area contributed by atoms with Crippen molar-refractivity contribution in [3.05, 3.63) is 59.1 Å². The first-order valence-electron chi connectivity index (χ1n) is 9.02. The molecule has 0 atom stereocenters. The molecule has 1 aliphatic rings. The molecular weight excluding hydrogens is 400 g/mol. The number of halogens is 1. The molecular formula is C20H21ClN2O4S. The number of rotatable bonds is 9. The molecule has 0 spiro atoms. The fourth-order valence-corrected chi connectivity index (χ4v) is 3.82. The Balaban J connectivity index is 1.49. The minimum Gasteiger partial charge on any atom is -0.326 e. The molecule has 0 bridgehead atoms. The van der Waals surface area contributed by atoms with E-state index in [-0.39, 0.29) is 29.4 Å². The first-order valence-corrected chi connectivity index (χ1v) is 10.9. The van der Waals surface area contributed by atoms with Crippen LogP contribution >= 0.6 is 11.6 Å². The highest BCUT2D eigenvalue weighted by Crippen LogP contribution is 2.28. The van der Waals surface area contributed by atoms with E-state index in [2.05, 4.69) is 10.0 Å². The lowest BCUT2D eigenvalue weighted by Gasteiger charge is -2.08. The highest BCUT2D eigenvalue weighted by molar-refractivity contribution is 7.89. The van der Waals surface area contributed by atoms with Crippen molar-refractivity contribution in [2.24, 2.45) is 5.92 Å². The minimum atomic E-state index is -3.53. The van der Waals surface area contributed by atoms with Crippen LogP contribution in [0.15, 0.2) is 53.4 Å². The van der Waals surface area contributed by atoms with Gasteiger partial charge in [-0.25, -0.2) is 13.1 Å². The van der Waals surface area contributed by atoms with E-state index in [1.54, 1.807) is 24.3 Å². The molecule has 148 valence electrons. The van der Waals surface area contributed by atoms with E-state index >= 15 is 0 Å². The Morgan fingerprint density at radius 3 is 2.21 bits per heavy atom. The molecule has 1 saturated carbocycles. The summed E-state index contributed by atoms with van der Waals surface area (Å²) >= 11 is 5.79. The number of carbonyl (C=O) groups excluding carboxylic acids is 2. The SMILES string of the molecule is O=C(CCC(=O)c1ccc(Cl)cc1)Nc1ccc(S(=O)(=O)NCC2CC2)cc1. The smallest absolute Gasteiger partial charge is 0.240 e. The first kappa shape index (κ1) is 20.5. The van der Waals surface area contributed by atoms with E-state index in [1.165, 1.54) is 24.3 Å². The van der Waals surface area contributed by atoms with Gasteiger partial charge < -0.3 is 5.32 Å². The van der Waals surface area contributed by atoms with Crippen LogP contribution in [0.5, 0.6) is 0 Å². The van der Waals surface area contributed by atoms with E-state index in [9.17, 15) is 18.0 Å². The highest BCUT2D eigenvalue weighted by Gasteiger charge is 2.24. The van der Waals surface area contributed by atoms with Gasteiger partial charge in [-0.1, -0.05) is 11.6 Å². The molecule has 2 aromatic carbocycles. The number of ketones is 1. The van der Waals surface area contributed by atoms with Crippen LogP contribution in [0.1, 0.15) is 36.0 Å². The average molecular weight is 421 g/mol. The maximum atomic E-state index is 12.2. The molecule has 2 N–H and O–H groups in total. The summed E-state index contributed by atoms with van der Waals surface area (Å²) in [5, 5.41) is 3.21. The van der Waals surface area contributed by atoms with Gasteiger partial charge in [-0.15, -0.1) is 0 Å². The molecule has 8 heteroatoms. The predicted octanol–water partition coefficient (Wildman–Crippen LogP) is 3.63. The molecule has 0 aromatic heterocycles. The second kappa shape index (κ2) is 8.86. The average Bonchev–Trinajstić information content (AvgIpc) is 3.50. The van der Waals surface area contributed by atoms with E-state index in [4.69, 9.17) is 11.6 Å². The number of nitrogens with one attached hydrogen (secondary N) is 2. The number of hydrogen-bond acceptors (Lipinski definition) is 4. The van der Waals surface area contributed by atoms with Crippen molar-refractivity contribution in [2.45, 2.75) is 30.6 Å². The van der Waals surface area contributed by atoms with E-state index in [0.29, 0.717) is 28.7 Å². The van der Waals surface area contributed by atoms with Crippen LogP contribution in [0.4, 0.5) is 5.69 Å². The molecule has 28 heavy (non-hydrogen) atoms. The fraction of sp³-hybridized carbons (Fsp3) is 0.300. The summed E-state index contributed by atoms with van der Waals surface area (Å²) in [4.78, 5) is 24.3. The number of carbonyl (C=O) groups is 2. The van der Waals surface area contributed by atoms with Crippen molar-refractivity contribution in [3.8, 4) is 0 Å². The molecule has 1 aliphatic carbocycles. The van der Waals surface area contributed by atoms with Crippen molar-refractivity contribution in [3.63, 3.8) is 0 Å². The van der Waals surface area contributed by atoms with Crippen LogP contribution < -0.4 is 10.0 Å². The van der Waals surface area contributed by atoms with Gasteiger partial charge in [0.25, 0.3) is 0 Å². The summed E-state index contributed by atoms with van der Waals surface area (Å²) in [6, 6.07) is 12.5. The molecule has 3 rings (SSSR count).